The minimum absolute atomic E-state index is 0.120. The Morgan fingerprint density at radius 2 is 1.65 bits per heavy atom. The molecule has 0 aliphatic carbocycles. The van der Waals surface area contributed by atoms with Crippen LogP contribution in [0.4, 0.5) is 5.69 Å². The molecule has 0 saturated carbocycles. The van der Waals surface area contributed by atoms with Crippen molar-refractivity contribution in [2.75, 3.05) is 31.5 Å². The van der Waals surface area contributed by atoms with E-state index in [0.29, 0.717) is 42.1 Å². The van der Waals surface area contributed by atoms with E-state index in [1.54, 1.807) is 46.2 Å². The number of nitrogens with one attached hydrogen (secondary N) is 1. The number of benzene rings is 1. The molecule has 1 aliphatic rings. The first-order valence-electron chi connectivity index (χ1n) is 8.15. The largest absolute Gasteiger partial charge is 0.444 e. The number of halogens is 1. The highest BCUT2D eigenvalue weighted by atomic mass is 79.9. The van der Waals surface area contributed by atoms with E-state index in [1.807, 2.05) is 0 Å². The lowest BCUT2D eigenvalue weighted by molar-refractivity contribution is -0.114. The fraction of sp³-hybridized carbons (Fsp3) is 0.278. The second-order valence-electron chi connectivity index (χ2n) is 5.95. The number of anilines is 1. The minimum atomic E-state index is -0.189. The van der Waals surface area contributed by atoms with Gasteiger partial charge in [-0.05, 0) is 46.3 Å². The molecule has 1 aromatic carbocycles. The maximum atomic E-state index is 12.7. The summed E-state index contributed by atoms with van der Waals surface area (Å²) >= 11 is 3.18. The van der Waals surface area contributed by atoms with Crippen LogP contribution in [-0.4, -0.2) is 53.7 Å². The van der Waals surface area contributed by atoms with Gasteiger partial charge in [-0.3, -0.25) is 14.4 Å². The van der Waals surface area contributed by atoms with Crippen LogP contribution < -0.4 is 5.32 Å². The Bertz CT molecular complexity index is 840. The predicted octanol–water partition coefficient (Wildman–Crippen LogP) is 2.60. The van der Waals surface area contributed by atoms with E-state index in [-0.39, 0.29) is 23.5 Å². The number of nitrogens with zero attached hydrogens (tertiary/aromatic N) is 2. The molecular weight excluding hydrogens is 402 g/mol. The number of amides is 3. The minimum Gasteiger partial charge on any atom is -0.444 e. The maximum Gasteiger partial charge on any atom is 0.289 e. The third-order valence-corrected chi connectivity index (χ3v) is 4.49. The van der Waals surface area contributed by atoms with Gasteiger partial charge in [0, 0.05) is 44.4 Å². The van der Waals surface area contributed by atoms with Crippen molar-refractivity contribution in [3.05, 3.63) is 52.4 Å². The van der Waals surface area contributed by atoms with Gasteiger partial charge in [-0.1, -0.05) is 6.07 Å². The van der Waals surface area contributed by atoms with Crippen LogP contribution in [0.1, 0.15) is 27.8 Å². The van der Waals surface area contributed by atoms with Gasteiger partial charge in [0.25, 0.3) is 11.8 Å². The van der Waals surface area contributed by atoms with E-state index >= 15 is 0 Å². The van der Waals surface area contributed by atoms with Crippen LogP contribution in [0.3, 0.4) is 0 Å². The zero-order chi connectivity index (χ0) is 18.7. The van der Waals surface area contributed by atoms with Gasteiger partial charge in [0.15, 0.2) is 10.4 Å². The number of rotatable bonds is 3. The lowest BCUT2D eigenvalue weighted by Gasteiger charge is -2.34. The number of piperazine rings is 1. The van der Waals surface area contributed by atoms with Crippen molar-refractivity contribution in [2.24, 2.45) is 0 Å². The maximum absolute atomic E-state index is 12.7. The fourth-order valence-electron chi connectivity index (χ4n) is 2.81. The summed E-state index contributed by atoms with van der Waals surface area (Å²) in [6.45, 7) is 3.18. The third-order valence-electron chi connectivity index (χ3n) is 4.07. The van der Waals surface area contributed by atoms with Gasteiger partial charge >= 0.3 is 0 Å². The Balaban J connectivity index is 1.61. The van der Waals surface area contributed by atoms with E-state index in [0.717, 1.165) is 0 Å². The highest BCUT2D eigenvalue weighted by Gasteiger charge is 2.27. The van der Waals surface area contributed by atoms with Crippen LogP contribution >= 0.6 is 15.9 Å². The summed E-state index contributed by atoms with van der Waals surface area (Å²) in [5.74, 6) is -0.216. The van der Waals surface area contributed by atoms with Gasteiger partial charge in [0.05, 0.1) is 0 Å². The summed E-state index contributed by atoms with van der Waals surface area (Å²) in [6.07, 6.45) is 0. The third kappa shape index (κ3) is 4.13. The molecular formula is C18H18BrN3O4. The van der Waals surface area contributed by atoms with E-state index in [2.05, 4.69) is 21.2 Å². The Hall–Kier alpha value is -2.61. The van der Waals surface area contributed by atoms with Gasteiger partial charge in [-0.25, -0.2) is 0 Å². The summed E-state index contributed by atoms with van der Waals surface area (Å²) in [4.78, 5) is 39.6. The molecule has 0 spiro atoms. The molecule has 1 aliphatic heterocycles. The van der Waals surface area contributed by atoms with Crippen LogP contribution in [0, 0.1) is 0 Å². The van der Waals surface area contributed by atoms with Gasteiger partial charge in [-0.2, -0.15) is 0 Å². The number of hydrogen-bond donors (Lipinski definition) is 1. The van der Waals surface area contributed by atoms with Gasteiger partial charge in [0.1, 0.15) is 0 Å². The zero-order valence-corrected chi connectivity index (χ0v) is 15.8. The number of furan rings is 1. The van der Waals surface area contributed by atoms with Gasteiger partial charge in [0.2, 0.25) is 5.91 Å². The molecule has 1 N–H and O–H groups in total. The van der Waals surface area contributed by atoms with Crippen molar-refractivity contribution in [1.82, 2.24) is 9.80 Å². The van der Waals surface area contributed by atoms with Crippen molar-refractivity contribution >= 4 is 39.3 Å². The van der Waals surface area contributed by atoms with Crippen molar-refractivity contribution in [3.8, 4) is 0 Å². The highest BCUT2D eigenvalue weighted by molar-refractivity contribution is 9.10. The predicted molar refractivity (Wildman–Crippen MR) is 99.0 cm³/mol. The average molecular weight is 420 g/mol. The Labute approximate surface area is 159 Å². The topological polar surface area (TPSA) is 82.9 Å². The molecule has 7 nitrogen and oxygen atoms in total. The van der Waals surface area contributed by atoms with Gasteiger partial charge < -0.3 is 19.5 Å². The van der Waals surface area contributed by atoms with Crippen molar-refractivity contribution in [2.45, 2.75) is 6.92 Å². The summed E-state index contributed by atoms with van der Waals surface area (Å²) in [5.41, 5.74) is 1.09. The number of hydrogen-bond acceptors (Lipinski definition) is 4. The van der Waals surface area contributed by atoms with Crippen LogP contribution in [0.25, 0.3) is 0 Å². The molecule has 2 heterocycles. The Morgan fingerprint density at radius 1 is 1.00 bits per heavy atom. The quantitative estimate of drug-likeness (QED) is 0.828. The van der Waals surface area contributed by atoms with Crippen LogP contribution in [0.2, 0.25) is 0 Å². The summed E-state index contributed by atoms with van der Waals surface area (Å²) in [6, 6.07) is 10.1. The molecule has 0 unspecified atom stereocenters. The first kappa shape index (κ1) is 18.2. The van der Waals surface area contributed by atoms with Crippen LogP contribution in [-0.2, 0) is 4.79 Å². The van der Waals surface area contributed by atoms with E-state index in [1.165, 1.54) is 6.92 Å². The molecule has 136 valence electrons. The monoisotopic (exact) mass is 419 g/mol. The lowest BCUT2D eigenvalue weighted by atomic mass is 10.1. The lowest BCUT2D eigenvalue weighted by Crippen LogP contribution is -2.50. The van der Waals surface area contributed by atoms with Crippen molar-refractivity contribution < 1.29 is 18.8 Å². The van der Waals surface area contributed by atoms with Gasteiger partial charge in [-0.15, -0.1) is 0 Å². The van der Waals surface area contributed by atoms with E-state index in [4.69, 9.17) is 4.42 Å². The molecule has 1 saturated heterocycles. The molecule has 0 bridgehead atoms. The van der Waals surface area contributed by atoms with Crippen molar-refractivity contribution in [1.29, 1.82) is 0 Å². The molecule has 0 atom stereocenters. The van der Waals surface area contributed by atoms with Crippen molar-refractivity contribution in [3.63, 3.8) is 0 Å². The Morgan fingerprint density at radius 3 is 2.23 bits per heavy atom. The SMILES string of the molecule is CC(=O)Nc1cccc(C(=O)N2CCN(C(=O)c3ccc(Br)o3)CC2)c1. The normalized spacial score (nSPS) is 14.2. The first-order chi connectivity index (χ1) is 12.4. The van der Waals surface area contributed by atoms with Crippen LogP contribution in [0.15, 0.2) is 45.5 Å². The number of carbonyl (C=O) groups excluding carboxylic acids is 3. The molecule has 3 rings (SSSR count). The number of carbonyl (C=O) groups is 3. The summed E-state index contributed by atoms with van der Waals surface area (Å²) in [7, 11) is 0. The standard InChI is InChI=1S/C18H18BrN3O4/c1-12(23)20-14-4-2-3-13(11-14)17(24)21-7-9-22(10-8-21)18(25)15-5-6-16(19)26-15/h2-6,11H,7-10H2,1H3,(H,20,23). The molecule has 0 radical (unpaired) electrons. The van der Waals surface area contributed by atoms with E-state index in [9.17, 15) is 14.4 Å². The Kier molecular flexibility index (Phi) is 5.41. The van der Waals surface area contributed by atoms with Crippen LogP contribution in [0.5, 0.6) is 0 Å². The first-order valence-corrected chi connectivity index (χ1v) is 8.95. The summed E-state index contributed by atoms with van der Waals surface area (Å²) < 4.78 is 5.81. The molecule has 3 amide bonds. The molecule has 1 aromatic heterocycles. The zero-order valence-electron chi connectivity index (χ0n) is 14.2. The molecule has 8 heteroatoms. The molecule has 26 heavy (non-hydrogen) atoms. The highest BCUT2D eigenvalue weighted by Crippen LogP contribution is 2.18. The fourth-order valence-corrected chi connectivity index (χ4v) is 3.12. The van der Waals surface area contributed by atoms with E-state index < -0.39 is 0 Å². The molecule has 1 fully saturated rings. The summed E-state index contributed by atoms with van der Waals surface area (Å²) in [5, 5.41) is 2.67. The second-order valence-corrected chi connectivity index (χ2v) is 6.73. The average Bonchev–Trinajstić information content (AvgIpc) is 3.07. The molecule has 2 aromatic rings. The second kappa shape index (κ2) is 7.74. The smallest absolute Gasteiger partial charge is 0.289 e.